The first-order valence-corrected chi connectivity index (χ1v) is 12.3. The minimum absolute atomic E-state index is 0.170. The molecule has 1 aliphatic heterocycles. The largest absolute Gasteiger partial charge is 0.496 e. The molecule has 0 unspecified atom stereocenters. The van der Waals surface area contributed by atoms with Crippen LogP contribution in [-0.2, 0) is 6.42 Å². The summed E-state index contributed by atoms with van der Waals surface area (Å²) in [7, 11) is 1.57. The molecule has 1 amide bonds. The predicted octanol–water partition coefficient (Wildman–Crippen LogP) is 4.92. The molecule has 1 saturated heterocycles. The third kappa shape index (κ3) is 4.90. The Bertz CT molecular complexity index is 1260. The van der Waals surface area contributed by atoms with Gasteiger partial charge in [0.2, 0.25) is 0 Å². The van der Waals surface area contributed by atoms with Gasteiger partial charge >= 0.3 is 0 Å². The van der Waals surface area contributed by atoms with Crippen LogP contribution in [-0.4, -0.2) is 55.0 Å². The Kier molecular flexibility index (Phi) is 6.74. The van der Waals surface area contributed by atoms with Crippen molar-refractivity contribution < 1.29 is 9.53 Å². The summed E-state index contributed by atoms with van der Waals surface area (Å²) < 4.78 is 11.2. The molecule has 0 spiro atoms. The maximum Gasteiger partial charge on any atom is 0.259 e. The van der Waals surface area contributed by atoms with Crippen LogP contribution in [0.1, 0.15) is 15.9 Å². The molecule has 0 radical (unpaired) electrons. The second kappa shape index (κ2) is 10.2. The first kappa shape index (κ1) is 22.4. The fraction of sp³-hybridized carbons (Fsp3) is 0.259. The molecule has 1 N–H and O–H groups in total. The molecular formula is C27H28N4O2S. The fourth-order valence-corrected chi connectivity index (χ4v) is 5.15. The van der Waals surface area contributed by atoms with Crippen molar-refractivity contribution in [3.8, 4) is 5.75 Å². The average Bonchev–Trinajstić information content (AvgIpc) is 3.33. The maximum absolute atomic E-state index is 12.6. The zero-order valence-corrected chi connectivity index (χ0v) is 20.1. The number of ether oxygens (including phenoxy) is 1. The SMILES string of the molecule is COc1ccccc1C(=O)Nc1ccc(CCN2CCN(c3nsc4ccccc34)CC2)cc1. The smallest absolute Gasteiger partial charge is 0.259 e. The van der Waals surface area contributed by atoms with Gasteiger partial charge in [-0.25, -0.2) is 0 Å². The molecule has 2 heterocycles. The van der Waals surface area contributed by atoms with Crippen molar-refractivity contribution in [3.63, 3.8) is 0 Å². The van der Waals surface area contributed by atoms with E-state index in [1.54, 1.807) is 30.8 Å². The number of rotatable bonds is 7. The second-order valence-electron chi connectivity index (χ2n) is 8.43. The van der Waals surface area contributed by atoms with Crippen molar-refractivity contribution in [3.05, 3.63) is 83.9 Å². The quantitative estimate of drug-likeness (QED) is 0.414. The van der Waals surface area contributed by atoms with Gasteiger partial charge in [0.1, 0.15) is 11.6 Å². The van der Waals surface area contributed by atoms with Crippen molar-refractivity contribution >= 4 is 39.0 Å². The summed E-state index contributed by atoms with van der Waals surface area (Å²) in [5.74, 6) is 1.53. The van der Waals surface area contributed by atoms with Crippen LogP contribution >= 0.6 is 11.5 Å². The van der Waals surface area contributed by atoms with Gasteiger partial charge in [-0.2, -0.15) is 4.37 Å². The fourth-order valence-electron chi connectivity index (χ4n) is 4.36. The summed E-state index contributed by atoms with van der Waals surface area (Å²) in [5.41, 5.74) is 2.57. The lowest BCUT2D eigenvalue weighted by Gasteiger charge is -2.35. The first-order chi connectivity index (χ1) is 16.7. The monoisotopic (exact) mass is 472 g/mol. The van der Waals surface area contributed by atoms with Crippen LogP contribution < -0.4 is 15.0 Å². The van der Waals surface area contributed by atoms with Gasteiger partial charge < -0.3 is 15.0 Å². The topological polar surface area (TPSA) is 57.7 Å². The number of piperazine rings is 1. The van der Waals surface area contributed by atoms with Crippen LogP contribution in [0.25, 0.3) is 10.1 Å². The Labute approximate surface area is 203 Å². The third-order valence-corrected chi connectivity index (χ3v) is 7.13. The highest BCUT2D eigenvalue weighted by Gasteiger charge is 2.20. The number of aromatic nitrogens is 1. The van der Waals surface area contributed by atoms with Crippen LogP contribution in [0.5, 0.6) is 5.75 Å². The maximum atomic E-state index is 12.6. The Morgan fingerprint density at radius 1 is 0.971 bits per heavy atom. The van der Waals surface area contributed by atoms with E-state index in [9.17, 15) is 4.79 Å². The molecule has 6 nitrogen and oxygen atoms in total. The molecule has 1 aliphatic rings. The van der Waals surface area contributed by atoms with Gasteiger partial charge in [0, 0.05) is 43.8 Å². The van der Waals surface area contributed by atoms with Gasteiger partial charge in [-0.05, 0) is 59.9 Å². The highest BCUT2D eigenvalue weighted by molar-refractivity contribution is 7.13. The summed E-state index contributed by atoms with van der Waals surface area (Å²) in [6.07, 6.45) is 0.986. The van der Waals surface area contributed by atoms with E-state index in [4.69, 9.17) is 9.11 Å². The number of benzene rings is 3. The molecule has 3 aromatic carbocycles. The second-order valence-corrected chi connectivity index (χ2v) is 9.24. The lowest BCUT2D eigenvalue weighted by Crippen LogP contribution is -2.47. The molecule has 34 heavy (non-hydrogen) atoms. The number of fused-ring (bicyclic) bond motifs is 1. The number of hydrogen-bond acceptors (Lipinski definition) is 6. The molecule has 0 atom stereocenters. The van der Waals surface area contributed by atoms with Crippen LogP contribution in [0.2, 0.25) is 0 Å². The minimum atomic E-state index is -0.170. The number of hydrogen-bond donors (Lipinski definition) is 1. The zero-order chi connectivity index (χ0) is 23.3. The summed E-state index contributed by atoms with van der Waals surface area (Å²) in [6, 6.07) is 23.8. The van der Waals surface area contributed by atoms with Gasteiger partial charge in [-0.1, -0.05) is 36.4 Å². The van der Waals surface area contributed by atoms with Crippen molar-refractivity contribution in [2.45, 2.75) is 6.42 Å². The van der Waals surface area contributed by atoms with E-state index in [2.05, 4.69) is 51.5 Å². The van der Waals surface area contributed by atoms with Crippen molar-refractivity contribution in [2.75, 3.05) is 50.1 Å². The van der Waals surface area contributed by atoms with E-state index in [1.807, 2.05) is 24.3 Å². The van der Waals surface area contributed by atoms with Crippen LogP contribution in [0.15, 0.2) is 72.8 Å². The summed E-state index contributed by atoms with van der Waals surface area (Å²) in [4.78, 5) is 17.5. The van der Waals surface area contributed by atoms with Crippen molar-refractivity contribution in [2.24, 2.45) is 0 Å². The number of carbonyl (C=O) groups is 1. The number of nitrogens with zero attached hydrogens (tertiary/aromatic N) is 3. The van der Waals surface area contributed by atoms with Crippen LogP contribution in [0.3, 0.4) is 0 Å². The van der Waals surface area contributed by atoms with Gasteiger partial charge in [-0.3, -0.25) is 9.69 Å². The van der Waals surface area contributed by atoms with E-state index in [1.165, 1.54) is 15.6 Å². The van der Waals surface area contributed by atoms with E-state index >= 15 is 0 Å². The highest BCUT2D eigenvalue weighted by atomic mass is 32.1. The number of carbonyl (C=O) groups excluding carboxylic acids is 1. The van der Waals surface area contributed by atoms with E-state index < -0.39 is 0 Å². The van der Waals surface area contributed by atoms with E-state index in [0.29, 0.717) is 11.3 Å². The average molecular weight is 473 g/mol. The predicted molar refractivity (Wildman–Crippen MR) is 139 cm³/mol. The molecule has 0 aliphatic carbocycles. The molecule has 7 heteroatoms. The van der Waals surface area contributed by atoms with Crippen LogP contribution in [0.4, 0.5) is 11.5 Å². The zero-order valence-electron chi connectivity index (χ0n) is 19.2. The molecule has 0 bridgehead atoms. The molecular weight excluding hydrogens is 444 g/mol. The third-order valence-electron chi connectivity index (χ3n) is 6.31. The standard InChI is InChI=1S/C27H28N4O2S/c1-33-24-8-4-2-6-22(24)27(32)28-21-12-10-20(11-13-21)14-15-30-16-18-31(19-17-30)26-23-7-3-5-9-25(23)34-29-26/h2-13H,14-19H2,1H3,(H,28,32). The van der Waals surface area contributed by atoms with Gasteiger partial charge in [0.15, 0.2) is 0 Å². The van der Waals surface area contributed by atoms with Crippen molar-refractivity contribution in [1.82, 2.24) is 9.27 Å². The number of methoxy groups -OCH3 is 1. The molecule has 0 saturated carbocycles. The molecule has 4 aromatic rings. The van der Waals surface area contributed by atoms with Gasteiger partial charge in [-0.15, -0.1) is 0 Å². The number of anilines is 2. The molecule has 174 valence electrons. The minimum Gasteiger partial charge on any atom is -0.496 e. The van der Waals surface area contributed by atoms with E-state index in [0.717, 1.165) is 50.6 Å². The Balaban J connectivity index is 1.11. The van der Waals surface area contributed by atoms with Gasteiger partial charge in [0.05, 0.1) is 17.4 Å². The number of nitrogens with one attached hydrogen (secondary N) is 1. The Morgan fingerprint density at radius 3 is 2.50 bits per heavy atom. The molecule has 5 rings (SSSR count). The lowest BCUT2D eigenvalue weighted by molar-refractivity contribution is 0.102. The van der Waals surface area contributed by atoms with E-state index in [-0.39, 0.29) is 5.91 Å². The van der Waals surface area contributed by atoms with Gasteiger partial charge in [0.25, 0.3) is 5.91 Å². The molecule has 1 fully saturated rings. The normalized spacial score (nSPS) is 14.3. The summed E-state index contributed by atoms with van der Waals surface area (Å²) >= 11 is 1.58. The lowest BCUT2D eigenvalue weighted by atomic mass is 10.1. The van der Waals surface area contributed by atoms with Crippen LogP contribution in [0, 0.1) is 0 Å². The van der Waals surface area contributed by atoms with Crippen molar-refractivity contribution in [1.29, 1.82) is 0 Å². The first-order valence-electron chi connectivity index (χ1n) is 11.6. The Morgan fingerprint density at radius 2 is 1.71 bits per heavy atom. The highest BCUT2D eigenvalue weighted by Crippen LogP contribution is 2.29. The Hall–Kier alpha value is -3.42. The summed E-state index contributed by atoms with van der Waals surface area (Å²) in [5, 5.41) is 4.22. The summed E-state index contributed by atoms with van der Waals surface area (Å²) in [6.45, 7) is 5.11. The molecule has 1 aromatic heterocycles. The number of amides is 1. The number of para-hydroxylation sites is 1.